The number of carbonyl (C=O) groups is 1. The van der Waals surface area contributed by atoms with Gasteiger partial charge in [0.05, 0.1) is 5.56 Å². The zero-order valence-corrected chi connectivity index (χ0v) is 11.0. The molecule has 0 bridgehead atoms. The summed E-state index contributed by atoms with van der Waals surface area (Å²) in [6, 6.07) is 7.78. The molecular weight excluding hydrogens is 256 g/mol. The highest BCUT2D eigenvalue weighted by atomic mass is 35.5. The topological polar surface area (TPSA) is 37.3 Å². The zero-order chi connectivity index (χ0) is 12.6. The number of hydrogen-bond acceptors (Lipinski definition) is 2. The Labute approximate surface area is 108 Å². The summed E-state index contributed by atoms with van der Waals surface area (Å²) in [7, 11) is 0. The van der Waals surface area contributed by atoms with E-state index < -0.39 is 5.97 Å². The number of hydrogen-bond donors (Lipinski definition) is 1. The normalized spacial score (nSPS) is 10.5. The van der Waals surface area contributed by atoms with Crippen LogP contribution in [0.5, 0.6) is 0 Å². The Morgan fingerprint density at radius 1 is 1.24 bits per heavy atom. The number of halogens is 1. The summed E-state index contributed by atoms with van der Waals surface area (Å²) in [5.74, 6) is -0.977. The van der Waals surface area contributed by atoms with Crippen LogP contribution in [-0.4, -0.2) is 11.1 Å². The lowest BCUT2D eigenvalue weighted by Crippen LogP contribution is -1.97. The SMILES string of the molecule is Cc1ccc(-c2c(C)sc(Cl)c2C(=O)O)cc1. The van der Waals surface area contributed by atoms with Crippen molar-refractivity contribution in [1.29, 1.82) is 0 Å². The van der Waals surface area contributed by atoms with Crippen molar-refractivity contribution >= 4 is 28.9 Å². The first kappa shape index (κ1) is 12.1. The van der Waals surface area contributed by atoms with Gasteiger partial charge in [0, 0.05) is 10.4 Å². The van der Waals surface area contributed by atoms with Gasteiger partial charge in [-0.2, -0.15) is 0 Å². The van der Waals surface area contributed by atoms with E-state index in [0.717, 1.165) is 21.6 Å². The Kier molecular flexibility index (Phi) is 3.22. The molecule has 1 aromatic carbocycles. The first-order valence-corrected chi connectivity index (χ1v) is 6.29. The molecule has 2 nitrogen and oxygen atoms in total. The molecule has 0 unspecified atom stereocenters. The number of rotatable bonds is 2. The molecule has 1 aromatic heterocycles. The minimum absolute atomic E-state index is 0.206. The van der Waals surface area contributed by atoms with E-state index in [1.165, 1.54) is 11.3 Å². The monoisotopic (exact) mass is 266 g/mol. The Balaban J connectivity index is 2.66. The van der Waals surface area contributed by atoms with Crippen LogP contribution in [0, 0.1) is 13.8 Å². The molecule has 2 aromatic rings. The van der Waals surface area contributed by atoms with Crippen molar-refractivity contribution in [3.63, 3.8) is 0 Å². The Hall–Kier alpha value is -1.32. The molecule has 88 valence electrons. The van der Waals surface area contributed by atoms with Crippen molar-refractivity contribution in [2.24, 2.45) is 0 Å². The summed E-state index contributed by atoms with van der Waals surface area (Å²) >= 11 is 7.27. The van der Waals surface area contributed by atoms with Gasteiger partial charge in [-0.3, -0.25) is 0 Å². The smallest absolute Gasteiger partial charge is 0.338 e. The number of aromatic carboxylic acids is 1. The van der Waals surface area contributed by atoms with Gasteiger partial charge in [-0.25, -0.2) is 4.79 Å². The molecule has 0 aliphatic carbocycles. The summed E-state index contributed by atoms with van der Waals surface area (Å²) in [5.41, 5.74) is 2.98. The average Bonchev–Trinajstić information content (AvgIpc) is 2.55. The van der Waals surface area contributed by atoms with Gasteiger partial charge in [-0.05, 0) is 19.4 Å². The van der Waals surface area contributed by atoms with Crippen LogP contribution in [0.1, 0.15) is 20.8 Å². The van der Waals surface area contributed by atoms with Crippen LogP contribution in [0.3, 0.4) is 0 Å². The van der Waals surface area contributed by atoms with Gasteiger partial charge in [-0.15, -0.1) is 11.3 Å². The molecule has 4 heteroatoms. The molecule has 0 spiro atoms. The van der Waals surface area contributed by atoms with Crippen LogP contribution < -0.4 is 0 Å². The number of aryl methyl sites for hydroxylation is 2. The van der Waals surface area contributed by atoms with Crippen LogP contribution in [0.2, 0.25) is 4.34 Å². The molecule has 0 atom stereocenters. The van der Waals surface area contributed by atoms with Crippen LogP contribution in [0.4, 0.5) is 0 Å². The lowest BCUT2D eigenvalue weighted by atomic mass is 10.0. The Bertz CT molecular complexity index is 570. The molecule has 17 heavy (non-hydrogen) atoms. The summed E-state index contributed by atoms with van der Waals surface area (Å²) in [6.45, 7) is 3.88. The van der Waals surface area contributed by atoms with E-state index in [0.29, 0.717) is 4.34 Å². The van der Waals surface area contributed by atoms with Crippen molar-refractivity contribution in [3.05, 3.63) is 44.6 Å². The van der Waals surface area contributed by atoms with Gasteiger partial charge in [0.1, 0.15) is 4.34 Å². The van der Waals surface area contributed by atoms with Gasteiger partial charge < -0.3 is 5.11 Å². The Morgan fingerprint density at radius 2 is 1.82 bits per heavy atom. The molecule has 0 aliphatic heterocycles. The van der Waals surface area contributed by atoms with Crippen molar-refractivity contribution < 1.29 is 9.90 Å². The highest BCUT2D eigenvalue weighted by molar-refractivity contribution is 7.17. The lowest BCUT2D eigenvalue weighted by Gasteiger charge is -2.03. The third-order valence-electron chi connectivity index (χ3n) is 2.60. The largest absolute Gasteiger partial charge is 0.478 e. The fourth-order valence-corrected chi connectivity index (χ4v) is 3.17. The van der Waals surface area contributed by atoms with Crippen molar-refractivity contribution in [2.75, 3.05) is 0 Å². The fraction of sp³-hybridized carbons (Fsp3) is 0.154. The lowest BCUT2D eigenvalue weighted by molar-refractivity contribution is 0.0698. The molecule has 0 fully saturated rings. The van der Waals surface area contributed by atoms with Crippen LogP contribution in [-0.2, 0) is 0 Å². The minimum atomic E-state index is -0.977. The maximum absolute atomic E-state index is 11.2. The number of carboxylic acids is 1. The second-order valence-corrected chi connectivity index (χ2v) is 5.68. The molecule has 0 saturated carbocycles. The van der Waals surface area contributed by atoms with Gasteiger partial charge in [-0.1, -0.05) is 41.4 Å². The predicted molar refractivity (Wildman–Crippen MR) is 71.2 cm³/mol. The predicted octanol–water partition coefficient (Wildman–Crippen LogP) is 4.38. The number of thiophene rings is 1. The molecule has 2 rings (SSSR count). The molecule has 0 saturated heterocycles. The summed E-state index contributed by atoms with van der Waals surface area (Å²) < 4.78 is 0.338. The summed E-state index contributed by atoms with van der Waals surface area (Å²) in [4.78, 5) is 12.1. The van der Waals surface area contributed by atoms with Crippen LogP contribution in [0.15, 0.2) is 24.3 Å². The molecular formula is C13H11ClO2S. The molecule has 1 N–H and O–H groups in total. The second kappa shape index (κ2) is 4.51. The first-order valence-electron chi connectivity index (χ1n) is 5.10. The molecule has 0 aliphatic rings. The van der Waals surface area contributed by atoms with Crippen molar-refractivity contribution in [2.45, 2.75) is 13.8 Å². The van der Waals surface area contributed by atoms with Gasteiger partial charge >= 0.3 is 5.97 Å². The highest BCUT2D eigenvalue weighted by Crippen LogP contribution is 2.39. The Morgan fingerprint density at radius 3 is 2.35 bits per heavy atom. The number of carboxylic acid groups (broad SMARTS) is 1. The fourth-order valence-electron chi connectivity index (χ4n) is 1.77. The van der Waals surface area contributed by atoms with E-state index in [1.807, 2.05) is 38.1 Å². The van der Waals surface area contributed by atoms with E-state index in [4.69, 9.17) is 11.6 Å². The third-order valence-corrected chi connectivity index (χ3v) is 3.91. The van der Waals surface area contributed by atoms with E-state index in [9.17, 15) is 9.90 Å². The zero-order valence-electron chi connectivity index (χ0n) is 9.45. The van der Waals surface area contributed by atoms with Gasteiger partial charge in [0.15, 0.2) is 0 Å². The standard InChI is InChI=1S/C13H11ClO2S/c1-7-3-5-9(6-4-7)10-8(2)17-12(14)11(10)13(15)16/h3-6H,1-2H3,(H,15,16). The van der Waals surface area contributed by atoms with E-state index in [-0.39, 0.29) is 5.56 Å². The van der Waals surface area contributed by atoms with Crippen molar-refractivity contribution in [1.82, 2.24) is 0 Å². The van der Waals surface area contributed by atoms with Crippen molar-refractivity contribution in [3.8, 4) is 11.1 Å². The second-order valence-electron chi connectivity index (χ2n) is 3.85. The average molecular weight is 267 g/mol. The van der Waals surface area contributed by atoms with E-state index in [2.05, 4.69) is 0 Å². The number of benzene rings is 1. The van der Waals surface area contributed by atoms with Crippen LogP contribution in [0.25, 0.3) is 11.1 Å². The van der Waals surface area contributed by atoms with Gasteiger partial charge in [0.2, 0.25) is 0 Å². The minimum Gasteiger partial charge on any atom is -0.478 e. The maximum Gasteiger partial charge on any atom is 0.338 e. The quantitative estimate of drug-likeness (QED) is 0.876. The van der Waals surface area contributed by atoms with E-state index >= 15 is 0 Å². The summed E-state index contributed by atoms with van der Waals surface area (Å²) in [5, 5.41) is 9.20. The summed E-state index contributed by atoms with van der Waals surface area (Å²) in [6.07, 6.45) is 0. The highest BCUT2D eigenvalue weighted by Gasteiger charge is 2.21. The molecule has 0 amide bonds. The van der Waals surface area contributed by atoms with Crippen LogP contribution >= 0.6 is 22.9 Å². The first-order chi connectivity index (χ1) is 8.00. The van der Waals surface area contributed by atoms with E-state index in [1.54, 1.807) is 0 Å². The maximum atomic E-state index is 11.2. The molecule has 1 heterocycles. The van der Waals surface area contributed by atoms with Gasteiger partial charge in [0.25, 0.3) is 0 Å². The molecule has 0 radical (unpaired) electrons. The third kappa shape index (κ3) is 2.21.